The first-order chi connectivity index (χ1) is 14.4. The van der Waals surface area contributed by atoms with Gasteiger partial charge in [0.05, 0.1) is 15.6 Å². The van der Waals surface area contributed by atoms with Gasteiger partial charge in [-0.1, -0.05) is 41.4 Å². The number of carbonyl (C=O) groups is 1. The summed E-state index contributed by atoms with van der Waals surface area (Å²) < 4.78 is 1.43. The zero-order valence-corrected chi connectivity index (χ0v) is 17.2. The van der Waals surface area contributed by atoms with Gasteiger partial charge in [-0.05, 0) is 46.3 Å². The SMILES string of the molecule is CC(=O)Nc1ccc(-c2cnc(N)c(-c3nnnn3-c3c(Cl)cccc3Cl)c2)cc1. The van der Waals surface area contributed by atoms with Crippen molar-refractivity contribution in [2.45, 2.75) is 6.92 Å². The quantitative estimate of drug-likeness (QED) is 0.491. The van der Waals surface area contributed by atoms with Gasteiger partial charge in [-0.2, -0.15) is 4.68 Å². The number of nitrogen functional groups attached to an aromatic ring is 1. The smallest absolute Gasteiger partial charge is 0.221 e. The summed E-state index contributed by atoms with van der Waals surface area (Å²) in [6.45, 7) is 1.46. The molecule has 3 N–H and O–H groups in total. The number of tetrazole rings is 1. The Morgan fingerprint density at radius 1 is 1.07 bits per heavy atom. The average Bonchev–Trinajstić information content (AvgIpc) is 3.17. The summed E-state index contributed by atoms with van der Waals surface area (Å²) in [4.78, 5) is 15.5. The van der Waals surface area contributed by atoms with Gasteiger partial charge in [0.25, 0.3) is 0 Å². The lowest BCUT2D eigenvalue weighted by Crippen LogP contribution is -2.05. The van der Waals surface area contributed by atoms with E-state index in [4.69, 9.17) is 28.9 Å². The van der Waals surface area contributed by atoms with Crippen molar-refractivity contribution in [2.75, 3.05) is 11.1 Å². The first kappa shape index (κ1) is 19.8. The molecular weight excluding hydrogens is 425 g/mol. The monoisotopic (exact) mass is 439 g/mol. The average molecular weight is 440 g/mol. The number of anilines is 2. The third kappa shape index (κ3) is 3.83. The lowest BCUT2D eigenvalue weighted by atomic mass is 10.0. The van der Waals surface area contributed by atoms with Gasteiger partial charge >= 0.3 is 0 Å². The van der Waals surface area contributed by atoms with Crippen LogP contribution in [0.15, 0.2) is 54.7 Å². The van der Waals surface area contributed by atoms with Crippen molar-refractivity contribution >= 4 is 40.6 Å². The van der Waals surface area contributed by atoms with Gasteiger partial charge in [0.2, 0.25) is 5.91 Å². The van der Waals surface area contributed by atoms with E-state index in [9.17, 15) is 4.79 Å². The number of rotatable bonds is 4. The summed E-state index contributed by atoms with van der Waals surface area (Å²) in [5.74, 6) is 0.476. The normalized spacial score (nSPS) is 10.8. The summed E-state index contributed by atoms with van der Waals surface area (Å²) in [7, 11) is 0. The first-order valence-corrected chi connectivity index (χ1v) is 9.56. The maximum absolute atomic E-state index is 11.2. The zero-order chi connectivity index (χ0) is 21.3. The molecule has 2 aromatic carbocycles. The van der Waals surface area contributed by atoms with Crippen molar-refractivity contribution in [3.05, 3.63) is 64.8 Å². The van der Waals surface area contributed by atoms with E-state index in [1.54, 1.807) is 36.5 Å². The molecule has 10 heteroatoms. The molecule has 2 heterocycles. The Kier molecular flexibility index (Phi) is 5.35. The summed E-state index contributed by atoms with van der Waals surface area (Å²) in [6, 6.07) is 14.3. The standard InChI is InChI=1S/C20H15Cl2N7O/c1-11(30)25-14-7-5-12(6-8-14)13-9-15(19(23)24-10-13)20-26-27-28-29(20)18-16(21)3-2-4-17(18)22/h2-10H,1H3,(H2,23,24)(H,25,30). The van der Waals surface area contributed by atoms with Crippen LogP contribution in [0.4, 0.5) is 11.5 Å². The number of pyridine rings is 1. The number of hydrogen-bond acceptors (Lipinski definition) is 6. The molecule has 0 fully saturated rings. The Balaban J connectivity index is 1.78. The molecule has 4 rings (SSSR count). The lowest BCUT2D eigenvalue weighted by Gasteiger charge is -2.11. The highest BCUT2D eigenvalue weighted by Gasteiger charge is 2.19. The highest BCUT2D eigenvalue weighted by molar-refractivity contribution is 6.37. The highest BCUT2D eigenvalue weighted by Crippen LogP contribution is 2.33. The van der Waals surface area contributed by atoms with Gasteiger partial charge in [-0.15, -0.1) is 5.10 Å². The molecule has 0 aliphatic heterocycles. The number of para-hydroxylation sites is 1. The largest absolute Gasteiger partial charge is 0.383 e. The number of amides is 1. The van der Waals surface area contributed by atoms with Crippen molar-refractivity contribution < 1.29 is 4.79 Å². The van der Waals surface area contributed by atoms with Gasteiger partial charge in [0, 0.05) is 24.4 Å². The molecule has 0 bridgehead atoms. The molecule has 0 radical (unpaired) electrons. The first-order valence-electron chi connectivity index (χ1n) is 8.80. The van der Waals surface area contributed by atoms with Crippen LogP contribution in [0.5, 0.6) is 0 Å². The molecule has 0 spiro atoms. The van der Waals surface area contributed by atoms with E-state index in [2.05, 4.69) is 25.8 Å². The number of nitrogens with one attached hydrogen (secondary N) is 1. The second-order valence-electron chi connectivity index (χ2n) is 6.40. The molecule has 4 aromatic rings. The number of nitrogens with zero attached hydrogens (tertiary/aromatic N) is 5. The predicted molar refractivity (Wildman–Crippen MR) is 117 cm³/mol. The van der Waals surface area contributed by atoms with Gasteiger partial charge < -0.3 is 11.1 Å². The van der Waals surface area contributed by atoms with Crippen LogP contribution in [0.3, 0.4) is 0 Å². The third-order valence-electron chi connectivity index (χ3n) is 4.32. The van der Waals surface area contributed by atoms with E-state index in [1.165, 1.54) is 11.6 Å². The van der Waals surface area contributed by atoms with E-state index < -0.39 is 0 Å². The lowest BCUT2D eigenvalue weighted by molar-refractivity contribution is -0.114. The second-order valence-corrected chi connectivity index (χ2v) is 7.21. The number of hydrogen-bond donors (Lipinski definition) is 2. The fourth-order valence-electron chi connectivity index (χ4n) is 2.96. The second kappa shape index (κ2) is 8.10. The van der Waals surface area contributed by atoms with E-state index in [0.29, 0.717) is 32.8 Å². The summed E-state index contributed by atoms with van der Waals surface area (Å²) >= 11 is 12.6. The molecule has 0 saturated carbocycles. The Labute approximate surface area is 181 Å². The van der Waals surface area contributed by atoms with Crippen molar-refractivity contribution in [3.63, 3.8) is 0 Å². The Hall–Kier alpha value is -3.49. The maximum atomic E-state index is 11.2. The van der Waals surface area contributed by atoms with Crippen LogP contribution in [0.25, 0.3) is 28.2 Å². The molecular formula is C20H15Cl2N7O. The third-order valence-corrected chi connectivity index (χ3v) is 4.93. The maximum Gasteiger partial charge on any atom is 0.221 e. The molecule has 0 unspecified atom stereocenters. The van der Waals surface area contributed by atoms with Crippen molar-refractivity contribution in [2.24, 2.45) is 0 Å². The molecule has 30 heavy (non-hydrogen) atoms. The predicted octanol–water partition coefficient (Wildman–Crippen LogP) is 4.24. The van der Waals surface area contributed by atoms with Gasteiger partial charge in [-0.25, -0.2) is 4.98 Å². The van der Waals surface area contributed by atoms with Gasteiger partial charge in [-0.3, -0.25) is 4.79 Å². The molecule has 0 aliphatic carbocycles. The minimum atomic E-state index is -0.135. The minimum absolute atomic E-state index is 0.135. The van der Waals surface area contributed by atoms with Crippen molar-refractivity contribution in [1.29, 1.82) is 0 Å². The van der Waals surface area contributed by atoms with E-state index in [1.807, 2.05) is 18.2 Å². The minimum Gasteiger partial charge on any atom is -0.383 e. The van der Waals surface area contributed by atoms with Crippen LogP contribution in [0.1, 0.15) is 6.92 Å². The number of nitrogens with two attached hydrogens (primary N) is 1. The topological polar surface area (TPSA) is 112 Å². The molecule has 0 aliphatic rings. The molecule has 8 nitrogen and oxygen atoms in total. The summed E-state index contributed by atoms with van der Waals surface area (Å²) in [6.07, 6.45) is 1.66. The molecule has 1 amide bonds. The number of aromatic nitrogens is 5. The van der Waals surface area contributed by atoms with Gasteiger partial charge in [0.15, 0.2) is 5.82 Å². The molecule has 150 valence electrons. The summed E-state index contributed by atoms with van der Waals surface area (Å²) in [5.41, 5.74) is 9.49. The Morgan fingerprint density at radius 3 is 2.43 bits per heavy atom. The van der Waals surface area contributed by atoms with Crippen LogP contribution in [-0.4, -0.2) is 31.1 Å². The Bertz CT molecular complexity index is 1220. The van der Waals surface area contributed by atoms with Crippen LogP contribution >= 0.6 is 23.2 Å². The van der Waals surface area contributed by atoms with Crippen LogP contribution < -0.4 is 11.1 Å². The van der Waals surface area contributed by atoms with E-state index in [-0.39, 0.29) is 11.7 Å². The van der Waals surface area contributed by atoms with Crippen LogP contribution in [0.2, 0.25) is 10.0 Å². The fourth-order valence-corrected chi connectivity index (χ4v) is 3.52. The van der Waals surface area contributed by atoms with E-state index >= 15 is 0 Å². The summed E-state index contributed by atoms with van der Waals surface area (Å²) in [5, 5.41) is 15.4. The van der Waals surface area contributed by atoms with Crippen LogP contribution in [0, 0.1) is 0 Å². The number of carbonyl (C=O) groups excluding carboxylic acids is 1. The van der Waals surface area contributed by atoms with Crippen molar-refractivity contribution in [3.8, 4) is 28.2 Å². The van der Waals surface area contributed by atoms with Gasteiger partial charge in [0.1, 0.15) is 11.5 Å². The Morgan fingerprint density at radius 2 is 1.77 bits per heavy atom. The van der Waals surface area contributed by atoms with Crippen molar-refractivity contribution in [1.82, 2.24) is 25.2 Å². The molecule has 0 atom stereocenters. The fraction of sp³-hybridized carbons (Fsp3) is 0.0500. The number of benzene rings is 2. The van der Waals surface area contributed by atoms with Crippen LogP contribution in [-0.2, 0) is 4.79 Å². The molecule has 2 aromatic heterocycles. The zero-order valence-electron chi connectivity index (χ0n) is 15.7. The highest BCUT2D eigenvalue weighted by atomic mass is 35.5. The number of halogens is 2. The molecule has 0 saturated heterocycles. The van der Waals surface area contributed by atoms with E-state index in [0.717, 1.165) is 11.1 Å².